The first-order valence-electron chi connectivity index (χ1n) is 5.89. The van der Waals surface area contributed by atoms with Crippen molar-refractivity contribution in [3.05, 3.63) is 35.9 Å². The molecule has 0 saturated carbocycles. The van der Waals surface area contributed by atoms with E-state index in [-0.39, 0.29) is 6.10 Å². The van der Waals surface area contributed by atoms with Gasteiger partial charge in [-0.25, -0.2) is 0 Å². The second kappa shape index (κ2) is 6.63. The van der Waals surface area contributed by atoms with Gasteiger partial charge in [0.05, 0.1) is 25.9 Å². The van der Waals surface area contributed by atoms with Crippen molar-refractivity contribution in [2.75, 3.05) is 26.3 Å². The molecule has 88 valence electrons. The molecule has 0 unspecified atom stereocenters. The van der Waals surface area contributed by atoms with Crippen molar-refractivity contribution >= 4 is 0 Å². The zero-order valence-corrected chi connectivity index (χ0v) is 9.52. The molecule has 3 heteroatoms. The number of hydrogen-bond acceptors (Lipinski definition) is 3. The van der Waals surface area contributed by atoms with Gasteiger partial charge in [0.25, 0.3) is 0 Å². The summed E-state index contributed by atoms with van der Waals surface area (Å²) in [5, 5.41) is 3.30. The first kappa shape index (κ1) is 11.6. The second-order valence-corrected chi connectivity index (χ2v) is 4.03. The van der Waals surface area contributed by atoms with Crippen molar-refractivity contribution in [3.63, 3.8) is 0 Å². The molecule has 1 atom stereocenters. The van der Waals surface area contributed by atoms with Gasteiger partial charge in [0.15, 0.2) is 0 Å². The Labute approximate surface area is 96.8 Å². The molecule has 2 rings (SSSR count). The van der Waals surface area contributed by atoms with Crippen molar-refractivity contribution in [2.24, 2.45) is 0 Å². The van der Waals surface area contributed by atoms with E-state index in [2.05, 4.69) is 17.4 Å². The molecule has 16 heavy (non-hydrogen) atoms. The Bertz CT molecular complexity index is 281. The summed E-state index contributed by atoms with van der Waals surface area (Å²) in [6.07, 6.45) is 1.29. The molecule has 1 aromatic rings. The summed E-state index contributed by atoms with van der Waals surface area (Å²) in [4.78, 5) is 0. The van der Waals surface area contributed by atoms with Crippen LogP contribution in [0, 0.1) is 0 Å². The molecule has 0 amide bonds. The van der Waals surface area contributed by atoms with E-state index in [1.54, 1.807) is 0 Å². The number of rotatable bonds is 4. The lowest BCUT2D eigenvalue weighted by Gasteiger charge is -2.14. The molecule has 1 aliphatic rings. The third-order valence-corrected chi connectivity index (χ3v) is 2.69. The van der Waals surface area contributed by atoms with Gasteiger partial charge in [0.2, 0.25) is 0 Å². The lowest BCUT2D eigenvalue weighted by molar-refractivity contribution is -0.0154. The van der Waals surface area contributed by atoms with Crippen LogP contribution in [0.4, 0.5) is 0 Å². The molecule has 1 fully saturated rings. The summed E-state index contributed by atoms with van der Waals surface area (Å²) in [5.74, 6) is 0. The Morgan fingerprint density at radius 1 is 1.25 bits per heavy atom. The smallest absolute Gasteiger partial charge is 0.0821 e. The normalized spacial score (nSPS) is 21.6. The predicted molar refractivity (Wildman–Crippen MR) is 63.3 cm³/mol. The molecule has 0 aliphatic carbocycles. The number of nitrogens with one attached hydrogen (secondary N) is 1. The summed E-state index contributed by atoms with van der Waals surface area (Å²) in [6.45, 7) is 4.14. The Balaban J connectivity index is 1.67. The summed E-state index contributed by atoms with van der Waals surface area (Å²) in [7, 11) is 0. The minimum atomic E-state index is 0.249. The van der Waals surface area contributed by atoms with Crippen molar-refractivity contribution in [3.8, 4) is 0 Å². The van der Waals surface area contributed by atoms with Gasteiger partial charge in [-0.2, -0.15) is 0 Å². The molecular formula is C13H19NO2. The summed E-state index contributed by atoms with van der Waals surface area (Å²) < 4.78 is 11.3. The van der Waals surface area contributed by atoms with Crippen molar-refractivity contribution < 1.29 is 9.47 Å². The third-order valence-electron chi connectivity index (χ3n) is 2.69. The molecule has 3 nitrogen and oxygen atoms in total. The largest absolute Gasteiger partial charge is 0.374 e. The van der Waals surface area contributed by atoms with Crippen LogP contribution in [0.2, 0.25) is 0 Å². The van der Waals surface area contributed by atoms with E-state index in [9.17, 15) is 0 Å². The minimum absolute atomic E-state index is 0.249. The zero-order chi connectivity index (χ0) is 11.1. The van der Waals surface area contributed by atoms with Crippen LogP contribution >= 0.6 is 0 Å². The van der Waals surface area contributed by atoms with Crippen LogP contribution in [-0.2, 0) is 16.1 Å². The molecule has 1 heterocycles. The van der Waals surface area contributed by atoms with Crippen molar-refractivity contribution in [1.82, 2.24) is 5.32 Å². The summed E-state index contributed by atoms with van der Waals surface area (Å²) in [6, 6.07) is 10.2. The number of ether oxygens (including phenoxy) is 2. The Morgan fingerprint density at radius 2 is 2.12 bits per heavy atom. The quantitative estimate of drug-likeness (QED) is 0.837. The van der Waals surface area contributed by atoms with E-state index in [1.807, 2.05) is 18.2 Å². The highest BCUT2D eigenvalue weighted by Crippen LogP contribution is 2.05. The summed E-state index contributed by atoms with van der Waals surface area (Å²) >= 11 is 0. The lowest BCUT2D eigenvalue weighted by atomic mass is 10.2. The van der Waals surface area contributed by atoms with Gasteiger partial charge in [-0.1, -0.05) is 30.3 Å². The minimum Gasteiger partial charge on any atom is -0.374 e. The maximum absolute atomic E-state index is 5.66. The van der Waals surface area contributed by atoms with Gasteiger partial charge in [-0.05, 0) is 18.5 Å². The second-order valence-electron chi connectivity index (χ2n) is 4.03. The molecule has 0 bridgehead atoms. The van der Waals surface area contributed by atoms with E-state index in [4.69, 9.17) is 9.47 Å². The molecule has 1 N–H and O–H groups in total. The fourth-order valence-corrected chi connectivity index (χ4v) is 1.78. The Kier molecular flexibility index (Phi) is 4.80. The SMILES string of the molecule is c1ccc(COC[C@H]2CCNCCO2)cc1. The van der Waals surface area contributed by atoms with Crippen LogP contribution in [0.3, 0.4) is 0 Å². The van der Waals surface area contributed by atoms with Gasteiger partial charge in [0.1, 0.15) is 0 Å². The van der Waals surface area contributed by atoms with E-state index >= 15 is 0 Å². The topological polar surface area (TPSA) is 30.5 Å². The fourth-order valence-electron chi connectivity index (χ4n) is 1.78. The third kappa shape index (κ3) is 3.93. The average Bonchev–Trinajstić information content (AvgIpc) is 2.59. The monoisotopic (exact) mass is 221 g/mol. The van der Waals surface area contributed by atoms with E-state index < -0.39 is 0 Å². The van der Waals surface area contributed by atoms with Gasteiger partial charge < -0.3 is 14.8 Å². The Hall–Kier alpha value is -0.900. The zero-order valence-electron chi connectivity index (χ0n) is 9.52. The maximum atomic E-state index is 5.66. The maximum Gasteiger partial charge on any atom is 0.0821 e. The van der Waals surface area contributed by atoms with Crippen molar-refractivity contribution in [2.45, 2.75) is 19.1 Å². The lowest BCUT2D eigenvalue weighted by Crippen LogP contribution is -2.20. The van der Waals surface area contributed by atoms with Gasteiger partial charge >= 0.3 is 0 Å². The first-order chi connectivity index (χ1) is 7.95. The summed E-state index contributed by atoms with van der Waals surface area (Å²) in [5.41, 5.74) is 1.22. The van der Waals surface area contributed by atoms with E-state index in [1.165, 1.54) is 5.56 Å². The predicted octanol–water partition coefficient (Wildman–Crippen LogP) is 1.58. The van der Waals surface area contributed by atoms with Crippen LogP contribution in [0.5, 0.6) is 0 Å². The van der Waals surface area contributed by atoms with Gasteiger partial charge in [0, 0.05) is 6.54 Å². The highest BCUT2D eigenvalue weighted by molar-refractivity contribution is 5.13. The van der Waals surface area contributed by atoms with Crippen molar-refractivity contribution in [1.29, 1.82) is 0 Å². The fraction of sp³-hybridized carbons (Fsp3) is 0.538. The van der Waals surface area contributed by atoms with Gasteiger partial charge in [-0.15, -0.1) is 0 Å². The number of benzene rings is 1. The van der Waals surface area contributed by atoms with Crippen LogP contribution < -0.4 is 5.32 Å². The standard InChI is InChI=1S/C13H19NO2/c1-2-4-12(5-3-1)10-15-11-13-6-7-14-8-9-16-13/h1-5,13-14H,6-11H2/t13-/m1/s1. The first-order valence-corrected chi connectivity index (χ1v) is 5.89. The van der Waals surface area contributed by atoms with Crippen LogP contribution in [0.1, 0.15) is 12.0 Å². The van der Waals surface area contributed by atoms with Gasteiger partial charge in [-0.3, -0.25) is 0 Å². The van der Waals surface area contributed by atoms with Crippen LogP contribution in [0.15, 0.2) is 30.3 Å². The van der Waals surface area contributed by atoms with Crippen LogP contribution in [-0.4, -0.2) is 32.4 Å². The molecule has 1 aliphatic heterocycles. The molecule has 0 aromatic heterocycles. The van der Waals surface area contributed by atoms with E-state index in [0.717, 1.165) is 26.1 Å². The van der Waals surface area contributed by atoms with Crippen LogP contribution in [0.25, 0.3) is 0 Å². The molecule has 1 saturated heterocycles. The average molecular weight is 221 g/mol. The number of hydrogen-bond donors (Lipinski definition) is 1. The highest BCUT2D eigenvalue weighted by Gasteiger charge is 2.11. The molecular weight excluding hydrogens is 202 g/mol. The molecule has 0 radical (unpaired) electrons. The van der Waals surface area contributed by atoms with E-state index in [0.29, 0.717) is 13.2 Å². The molecule has 1 aromatic carbocycles. The molecule has 0 spiro atoms. The Morgan fingerprint density at radius 3 is 3.00 bits per heavy atom. The highest BCUT2D eigenvalue weighted by atomic mass is 16.5.